The summed E-state index contributed by atoms with van der Waals surface area (Å²) in [6, 6.07) is 0. The van der Waals surface area contributed by atoms with E-state index >= 15 is 0 Å². The molecule has 2 aliphatic heterocycles. The van der Waals surface area contributed by atoms with Crippen LogP contribution in [0.15, 0.2) is 23.2 Å². The summed E-state index contributed by atoms with van der Waals surface area (Å²) < 4.78 is 0. The Morgan fingerprint density at radius 2 is 2.75 bits per heavy atom. The van der Waals surface area contributed by atoms with E-state index in [0.29, 0.717) is 0 Å². The lowest BCUT2D eigenvalue weighted by Crippen LogP contribution is -2.17. The number of rotatable bonds is 0. The van der Waals surface area contributed by atoms with Gasteiger partial charge < -0.3 is 0 Å². The van der Waals surface area contributed by atoms with E-state index in [1.807, 2.05) is 0 Å². The fraction of sp³-hybridized carbons (Fsp3) is 0. The molecule has 2 radical (unpaired) electrons. The number of hydroxylamine groups is 2. The molecular formula is C5H3N2O+. The maximum Gasteiger partial charge on any atom is 0.295 e. The lowest BCUT2D eigenvalue weighted by atomic mass is 10.5. The van der Waals surface area contributed by atoms with Crippen LogP contribution in [0.3, 0.4) is 0 Å². The first kappa shape index (κ1) is 3.86. The van der Waals surface area contributed by atoms with Gasteiger partial charge in [-0.3, -0.25) is 4.84 Å². The van der Waals surface area contributed by atoms with E-state index < -0.39 is 0 Å². The summed E-state index contributed by atoms with van der Waals surface area (Å²) in [5, 5.41) is 1.54. The predicted octanol–water partition coefficient (Wildman–Crippen LogP) is 0.272. The molecule has 0 aromatic rings. The lowest BCUT2D eigenvalue weighted by Gasteiger charge is -1.84. The zero-order valence-corrected chi connectivity index (χ0v) is 4.03. The number of hydrogen-bond acceptors (Lipinski definition) is 3. The molecule has 2 heterocycles. The summed E-state index contributed by atoms with van der Waals surface area (Å²) >= 11 is 0. The Morgan fingerprint density at radius 3 is 3.62 bits per heavy atom. The summed E-state index contributed by atoms with van der Waals surface area (Å²) in [5.41, 5.74) is 0.866. The first-order chi connectivity index (χ1) is 3.97. The monoisotopic (exact) mass is 107 g/mol. The van der Waals surface area contributed by atoms with Crippen molar-refractivity contribution in [3.63, 3.8) is 0 Å². The molecule has 0 aliphatic carbocycles. The molecule has 0 amide bonds. The Hall–Kier alpha value is -1.09. The van der Waals surface area contributed by atoms with Crippen molar-refractivity contribution < 1.29 is 4.84 Å². The van der Waals surface area contributed by atoms with Gasteiger partial charge in [-0.15, -0.1) is 0 Å². The molecule has 2 aliphatic rings. The zero-order valence-electron chi connectivity index (χ0n) is 4.03. The van der Waals surface area contributed by atoms with Gasteiger partial charge in [0, 0.05) is 0 Å². The Morgan fingerprint density at radius 1 is 1.75 bits per heavy atom. The van der Waals surface area contributed by atoms with Crippen LogP contribution in [0.1, 0.15) is 0 Å². The van der Waals surface area contributed by atoms with Crippen LogP contribution in [0.2, 0.25) is 0 Å². The summed E-state index contributed by atoms with van der Waals surface area (Å²) in [4.78, 5) is 8.66. The Bertz CT molecular complexity index is 193. The summed E-state index contributed by atoms with van der Waals surface area (Å²) in [7, 11) is 0. The number of hydrogen-bond donors (Lipinski definition) is 0. The van der Waals surface area contributed by atoms with E-state index in [1.165, 1.54) is 6.26 Å². The SMILES string of the molecule is [C]1=CO[N+]2C=NC=C12. The average molecular weight is 107 g/mol. The first-order valence-electron chi connectivity index (χ1n) is 2.24. The van der Waals surface area contributed by atoms with Crippen LogP contribution in [-0.2, 0) is 4.84 Å². The van der Waals surface area contributed by atoms with E-state index in [2.05, 4.69) is 11.1 Å². The van der Waals surface area contributed by atoms with Gasteiger partial charge in [0.15, 0.2) is 6.26 Å². The van der Waals surface area contributed by atoms with Crippen LogP contribution in [0.5, 0.6) is 0 Å². The molecule has 2 rings (SSSR count). The third kappa shape index (κ3) is 0.338. The van der Waals surface area contributed by atoms with Gasteiger partial charge in [-0.25, -0.2) is 0 Å². The average Bonchev–Trinajstić information content (AvgIpc) is 2.15. The van der Waals surface area contributed by atoms with Crippen LogP contribution in [0, 0.1) is 6.08 Å². The highest BCUT2D eigenvalue weighted by molar-refractivity contribution is 5.65. The van der Waals surface area contributed by atoms with E-state index in [1.54, 1.807) is 17.6 Å². The van der Waals surface area contributed by atoms with Crippen molar-refractivity contribution in [3.05, 3.63) is 24.2 Å². The summed E-state index contributed by atoms with van der Waals surface area (Å²) in [6.07, 6.45) is 7.60. The molecule has 0 unspecified atom stereocenters. The van der Waals surface area contributed by atoms with Crippen LogP contribution in [0.4, 0.5) is 0 Å². The maximum atomic E-state index is 4.86. The fourth-order valence-corrected chi connectivity index (χ4v) is 0.612. The Balaban J connectivity index is 2.39. The second-order valence-corrected chi connectivity index (χ2v) is 1.47. The largest absolute Gasteiger partial charge is 0.295 e. The van der Waals surface area contributed by atoms with Crippen LogP contribution < -0.4 is 5.06 Å². The number of allylic oxidation sites excluding steroid dienone is 1. The van der Waals surface area contributed by atoms with E-state index in [0.717, 1.165) is 5.70 Å². The van der Waals surface area contributed by atoms with E-state index in [-0.39, 0.29) is 0 Å². The number of aliphatic imine (C=N–C) groups is 1. The number of fused-ring (bicyclic) bond motifs is 1. The minimum absolute atomic E-state index is 0.866. The van der Waals surface area contributed by atoms with Gasteiger partial charge in [-0.05, 0) is 0 Å². The summed E-state index contributed by atoms with van der Waals surface area (Å²) in [5.74, 6) is 0. The topological polar surface area (TPSA) is 27.5 Å². The normalized spacial score (nSPS) is 23.2. The summed E-state index contributed by atoms with van der Waals surface area (Å²) in [6.45, 7) is 0. The van der Waals surface area contributed by atoms with Gasteiger partial charge >= 0.3 is 0 Å². The molecule has 0 N–H and O–H groups in total. The molecule has 38 valence electrons. The second-order valence-electron chi connectivity index (χ2n) is 1.47. The van der Waals surface area contributed by atoms with Crippen LogP contribution in [0.25, 0.3) is 0 Å². The molecular weight excluding hydrogens is 104 g/mol. The highest BCUT2D eigenvalue weighted by Crippen LogP contribution is 2.12. The Kier molecular flexibility index (Phi) is 0.577. The zero-order chi connectivity index (χ0) is 5.40. The van der Waals surface area contributed by atoms with Gasteiger partial charge in [0.1, 0.15) is 17.3 Å². The van der Waals surface area contributed by atoms with Gasteiger partial charge in [0.05, 0.1) is 0 Å². The molecule has 3 heteroatoms. The van der Waals surface area contributed by atoms with Crippen molar-refractivity contribution in [1.29, 1.82) is 0 Å². The van der Waals surface area contributed by atoms with E-state index in [9.17, 15) is 0 Å². The highest BCUT2D eigenvalue weighted by Gasteiger charge is 2.30. The maximum absolute atomic E-state index is 4.86. The molecule has 0 saturated carbocycles. The molecule has 3 nitrogen and oxygen atoms in total. The third-order valence-electron chi connectivity index (χ3n) is 0.979. The van der Waals surface area contributed by atoms with Gasteiger partial charge in [-0.1, -0.05) is 0 Å². The van der Waals surface area contributed by atoms with Gasteiger partial charge in [0.2, 0.25) is 0 Å². The molecule has 8 heavy (non-hydrogen) atoms. The standard InChI is InChI=1S/C5H3N2O/c1-2-8-7-4-6-3-5(1)7/h2-4H/q+1. The van der Waals surface area contributed by atoms with E-state index in [4.69, 9.17) is 4.84 Å². The van der Waals surface area contributed by atoms with Crippen molar-refractivity contribution in [2.45, 2.75) is 0 Å². The van der Waals surface area contributed by atoms with Crippen molar-refractivity contribution >= 4 is 6.34 Å². The molecule has 0 saturated heterocycles. The van der Waals surface area contributed by atoms with Crippen molar-refractivity contribution in [1.82, 2.24) is 5.06 Å². The number of nitrogens with zero attached hydrogens (tertiary/aromatic N) is 2. The van der Waals surface area contributed by atoms with Crippen LogP contribution in [-0.4, -0.2) is 6.34 Å². The van der Waals surface area contributed by atoms with Gasteiger partial charge in [0.25, 0.3) is 12.0 Å². The molecule has 0 fully saturated rings. The smallest absolute Gasteiger partial charge is 0.254 e. The molecule has 0 bridgehead atoms. The minimum atomic E-state index is 0.866. The molecule has 0 spiro atoms. The lowest BCUT2D eigenvalue weighted by molar-refractivity contribution is 0.122. The molecule has 0 aromatic carbocycles. The minimum Gasteiger partial charge on any atom is -0.254 e. The van der Waals surface area contributed by atoms with Crippen molar-refractivity contribution in [2.75, 3.05) is 0 Å². The first-order valence-corrected chi connectivity index (χ1v) is 2.24. The fourth-order valence-electron chi connectivity index (χ4n) is 0.612. The van der Waals surface area contributed by atoms with Crippen molar-refractivity contribution in [3.8, 4) is 0 Å². The molecule has 0 atom stereocenters. The quantitative estimate of drug-likeness (QED) is 0.408. The highest BCUT2D eigenvalue weighted by atomic mass is 16.7. The van der Waals surface area contributed by atoms with Crippen LogP contribution >= 0.6 is 0 Å². The second kappa shape index (κ2) is 1.20. The van der Waals surface area contributed by atoms with Crippen molar-refractivity contribution in [2.24, 2.45) is 4.99 Å². The third-order valence-corrected chi connectivity index (χ3v) is 0.979. The van der Waals surface area contributed by atoms with Gasteiger partial charge in [-0.2, -0.15) is 4.99 Å². The Labute approximate surface area is 46.5 Å². The predicted molar refractivity (Wildman–Crippen MR) is 27.6 cm³/mol. The molecule has 0 aromatic heterocycles.